The third-order valence-electron chi connectivity index (χ3n) is 4.74. The van der Waals surface area contributed by atoms with Crippen LogP contribution in [0.1, 0.15) is 34.7 Å². The van der Waals surface area contributed by atoms with Gasteiger partial charge in [-0.15, -0.1) is 0 Å². The Kier molecular flexibility index (Phi) is 6.06. The number of rotatable bonds is 4. The lowest BCUT2D eigenvalue weighted by Gasteiger charge is -2.38. The summed E-state index contributed by atoms with van der Waals surface area (Å²) < 4.78 is 42.6. The number of alkyl halides is 3. The molecule has 1 aromatic carbocycles. The van der Waals surface area contributed by atoms with E-state index in [-0.39, 0.29) is 5.56 Å². The minimum Gasteiger partial charge on any atom is -0.425 e. The number of hydrogen-bond donors (Lipinski definition) is 1. The van der Waals surface area contributed by atoms with Crippen LogP contribution >= 0.6 is 0 Å². The molecule has 0 bridgehead atoms. The van der Waals surface area contributed by atoms with Crippen molar-refractivity contribution in [3.8, 4) is 0 Å². The molecule has 0 aliphatic carbocycles. The Hall–Kier alpha value is -0.796. The quantitative estimate of drug-likeness (QED) is 0.749. The Morgan fingerprint density at radius 2 is 1.12 bits per heavy atom. The molecular weight excluding hydrogens is 347 g/mol. The van der Waals surface area contributed by atoms with Crippen molar-refractivity contribution in [2.45, 2.75) is 72.6 Å². The van der Waals surface area contributed by atoms with Crippen molar-refractivity contribution in [3.05, 3.63) is 27.8 Å². The van der Waals surface area contributed by atoms with Crippen LogP contribution in [0.25, 0.3) is 0 Å². The van der Waals surface area contributed by atoms with E-state index in [9.17, 15) is 18.3 Å². The molecule has 24 heavy (non-hydrogen) atoms. The first kappa shape index (κ1) is 21.2. The molecule has 0 saturated heterocycles. The van der Waals surface area contributed by atoms with E-state index < -0.39 is 29.7 Å². The van der Waals surface area contributed by atoms with Gasteiger partial charge in [0.2, 0.25) is 0 Å². The molecule has 0 fully saturated rings. The summed E-state index contributed by atoms with van der Waals surface area (Å²) in [6.45, 7) is 16.8. The van der Waals surface area contributed by atoms with Crippen LogP contribution in [0.5, 0.6) is 0 Å². The Morgan fingerprint density at radius 1 is 0.792 bits per heavy atom. The first-order valence-electron chi connectivity index (χ1n) is 7.96. The summed E-state index contributed by atoms with van der Waals surface area (Å²) in [5.74, 6) is 0. The molecule has 1 unspecified atom stereocenters. The van der Waals surface area contributed by atoms with Gasteiger partial charge in [0.1, 0.15) is 0 Å². The van der Waals surface area contributed by atoms with E-state index >= 15 is 0 Å². The lowest BCUT2D eigenvalue weighted by Crippen LogP contribution is -2.45. The van der Waals surface area contributed by atoms with Crippen LogP contribution in [0, 0.1) is 27.7 Å². The van der Waals surface area contributed by atoms with Gasteiger partial charge in [0, 0.05) is 5.69 Å². The van der Waals surface area contributed by atoms with Gasteiger partial charge in [-0.25, -0.2) is 0 Å². The highest BCUT2D eigenvalue weighted by molar-refractivity contribution is 6.81. The summed E-state index contributed by atoms with van der Waals surface area (Å²) in [4.78, 5) is 0. The summed E-state index contributed by atoms with van der Waals surface area (Å²) in [6.07, 6.45) is -4.71. The van der Waals surface area contributed by atoms with Gasteiger partial charge in [-0.1, -0.05) is 26.2 Å². The molecule has 136 valence electrons. The maximum atomic E-state index is 13.4. The zero-order valence-corrected chi connectivity index (χ0v) is 18.0. The summed E-state index contributed by atoms with van der Waals surface area (Å²) in [7, 11) is -1.57. The van der Waals surface area contributed by atoms with Gasteiger partial charge < -0.3 is 9.34 Å². The van der Waals surface area contributed by atoms with E-state index in [4.69, 9.17) is 0 Å². The van der Waals surface area contributed by atoms with Crippen molar-refractivity contribution in [1.82, 2.24) is 0 Å². The third-order valence-corrected chi connectivity index (χ3v) is 9.66. The van der Waals surface area contributed by atoms with Gasteiger partial charge in [0.05, 0.1) is 0 Å². The van der Waals surface area contributed by atoms with Crippen LogP contribution < -0.4 is 4.23 Å². The average molecular weight is 376 g/mol. The van der Waals surface area contributed by atoms with Crippen molar-refractivity contribution in [2.75, 3.05) is 4.23 Å². The van der Waals surface area contributed by atoms with Crippen LogP contribution in [0.3, 0.4) is 0 Å². The first-order valence-corrected chi connectivity index (χ1v) is 12.9. The van der Waals surface area contributed by atoms with Crippen LogP contribution in [-0.2, 0) is 5.60 Å². The summed E-state index contributed by atoms with van der Waals surface area (Å²) in [5, 5.41) is 10.3. The number of halogens is 3. The molecule has 1 N–H and O–H groups in total. The van der Waals surface area contributed by atoms with Crippen molar-refractivity contribution in [1.29, 1.82) is 0 Å². The molecule has 0 saturated carbocycles. The Bertz CT molecular complexity index is 588. The van der Waals surface area contributed by atoms with E-state index in [0.29, 0.717) is 11.1 Å². The van der Waals surface area contributed by atoms with Crippen LogP contribution in [0.2, 0.25) is 26.2 Å². The summed E-state index contributed by atoms with van der Waals surface area (Å²) in [6, 6.07) is 0. The number of anilines is 1. The standard InChI is InChI=1S/C17H28F3NOSi2/c1-10-12(3)15(21(23(6)7)24(8)9)13(4)11(2)14(10)16(5,22)17(18,19)20/h22H,1-9H3. The molecule has 2 radical (unpaired) electrons. The van der Waals surface area contributed by atoms with E-state index in [1.807, 2.05) is 13.8 Å². The highest BCUT2D eigenvalue weighted by atomic mass is 28.3. The molecule has 0 amide bonds. The molecule has 7 heteroatoms. The lowest BCUT2D eigenvalue weighted by atomic mass is 9.82. The van der Waals surface area contributed by atoms with E-state index in [0.717, 1.165) is 23.7 Å². The zero-order chi connectivity index (χ0) is 19.2. The number of hydrogen-bond acceptors (Lipinski definition) is 2. The molecule has 1 atom stereocenters. The van der Waals surface area contributed by atoms with E-state index in [2.05, 4.69) is 30.4 Å². The van der Waals surface area contributed by atoms with Gasteiger partial charge in [-0.2, -0.15) is 13.2 Å². The minimum absolute atomic E-state index is 0.00402. The summed E-state index contributed by atoms with van der Waals surface area (Å²) in [5.41, 5.74) is 0.961. The molecule has 0 aromatic heterocycles. The fraction of sp³-hybridized carbons (Fsp3) is 0.647. The van der Waals surface area contributed by atoms with Crippen LogP contribution in [0.15, 0.2) is 0 Å². The minimum atomic E-state index is -4.71. The molecule has 0 heterocycles. The molecule has 2 nitrogen and oxygen atoms in total. The SMILES string of the molecule is Cc1c(C)c(C(C)(O)C(F)(F)F)c(C)c(C)c1N([Si](C)C)[Si](C)C. The number of nitrogens with zero attached hydrogens (tertiary/aromatic N) is 1. The molecule has 0 aliphatic rings. The van der Waals surface area contributed by atoms with Gasteiger partial charge in [-0.05, 0) is 62.4 Å². The second kappa shape index (κ2) is 6.84. The van der Waals surface area contributed by atoms with Crippen LogP contribution in [0.4, 0.5) is 18.9 Å². The maximum Gasteiger partial charge on any atom is 0.421 e. The zero-order valence-electron chi connectivity index (χ0n) is 16.0. The molecule has 0 spiro atoms. The average Bonchev–Trinajstić information content (AvgIpc) is 2.39. The fourth-order valence-corrected chi connectivity index (χ4v) is 8.54. The van der Waals surface area contributed by atoms with E-state index in [1.165, 1.54) is 0 Å². The highest BCUT2D eigenvalue weighted by Gasteiger charge is 2.53. The topological polar surface area (TPSA) is 23.5 Å². The van der Waals surface area contributed by atoms with E-state index in [1.54, 1.807) is 13.8 Å². The summed E-state index contributed by atoms with van der Waals surface area (Å²) >= 11 is 0. The van der Waals surface area contributed by atoms with Crippen molar-refractivity contribution >= 4 is 23.6 Å². The highest BCUT2D eigenvalue weighted by Crippen LogP contribution is 2.45. The molecule has 0 aliphatic heterocycles. The first-order chi connectivity index (χ1) is 10.7. The van der Waals surface area contributed by atoms with Gasteiger partial charge >= 0.3 is 6.18 Å². The van der Waals surface area contributed by atoms with Crippen molar-refractivity contribution < 1.29 is 18.3 Å². The second-order valence-corrected chi connectivity index (χ2v) is 12.2. The van der Waals surface area contributed by atoms with Gasteiger partial charge in [-0.3, -0.25) is 0 Å². The largest absolute Gasteiger partial charge is 0.425 e. The Morgan fingerprint density at radius 3 is 1.38 bits per heavy atom. The monoisotopic (exact) mass is 375 g/mol. The number of aliphatic hydroxyl groups is 1. The van der Waals surface area contributed by atoms with Gasteiger partial charge in [0.15, 0.2) is 23.5 Å². The third kappa shape index (κ3) is 3.43. The predicted molar refractivity (Wildman–Crippen MR) is 98.5 cm³/mol. The predicted octanol–water partition coefficient (Wildman–Crippen LogP) is 5.00. The van der Waals surface area contributed by atoms with Crippen LogP contribution in [-0.4, -0.2) is 29.2 Å². The Labute approximate surface area is 147 Å². The Balaban J connectivity index is 3.82. The van der Waals surface area contributed by atoms with Gasteiger partial charge in [0.25, 0.3) is 0 Å². The maximum absolute atomic E-state index is 13.4. The molecule has 1 aromatic rings. The second-order valence-electron chi connectivity index (χ2n) is 7.02. The molecule has 1 rings (SSSR count). The van der Waals surface area contributed by atoms with Crippen molar-refractivity contribution in [2.24, 2.45) is 0 Å². The normalized spacial score (nSPS) is 15.1. The smallest absolute Gasteiger partial charge is 0.421 e. The fourth-order valence-electron chi connectivity index (χ4n) is 3.39. The van der Waals surface area contributed by atoms with Crippen molar-refractivity contribution in [3.63, 3.8) is 0 Å². The lowest BCUT2D eigenvalue weighted by molar-refractivity contribution is -0.259. The number of benzene rings is 1. The molecular formula is C17H28F3NOSi2.